The van der Waals surface area contributed by atoms with E-state index in [0.29, 0.717) is 0 Å². The molecule has 18 heavy (non-hydrogen) atoms. The first kappa shape index (κ1) is 14.9. The van der Waals surface area contributed by atoms with Crippen LogP contribution in [0.3, 0.4) is 0 Å². The van der Waals surface area contributed by atoms with Gasteiger partial charge in [-0.15, -0.1) is 0 Å². The SMILES string of the molecule is CCNCc1cnc(N(C)CCN(C)C)nc1C. The summed E-state index contributed by atoms with van der Waals surface area (Å²) in [5.41, 5.74) is 2.22. The van der Waals surface area contributed by atoms with Gasteiger partial charge in [-0.25, -0.2) is 9.97 Å². The number of aryl methyl sites for hydroxylation is 1. The molecule has 0 amide bonds. The van der Waals surface area contributed by atoms with Crippen LogP contribution < -0.4 is 10.2 Å². The summed E-state index contributed by atoms with van der Waals surface area (Å²) in [4.78, 5) is 13.2. The van der Waals surface area contributed by atoms with Gasteiger partial charge in [-0.2, -0.15) is 0 Å². The molecule has 1 aromatic heterocycles. The standard InChI is InChI=1S/C13H25N5/c1-6-14-9-12-10-15-13(16-11(12)2)18(5)8-7-17(3)4/h10,14H,6-9H2,1-5H3. The van der Waals surface area contributed by atoms with Gasteiger partial charge in [-0.1, -0.05) is 6.92 Å². The minimum absolute atomic E-state index is 0.801. The second kappa shape index (κ2) is 7.28. The average molecular weight is 251 g/mol. The van der Waals surface area contributed by atoms with Crippen molar-refractivity contribution in [2.45, 2.75) is 20.4 Å². The summed E-state index contributed by atoms with van der Waals surface area (Å²) >= 11 is 0. The predicted octanol–water partition coefficient (Wildman–Crippen LogP) is 0.892. The molecule has 0 saturated carbocycles. The van der Waals surface area contributed by atoms with Crippen molar-refractivity contribution in [1.82, 2.24) is 20.2 Å². The second-order valence-electron chi connectivity index (χ2n) is 4.79. The first-order valence-corrected chi connectivity index (χ1v) is 6.43. The summed E-state index contributed by atoms with van der Waals surface area (Å²) in [5, 5.41) is 3.29. The van der Waals surface area contributed by atoms with Crippen LogP contribution >= 0.6 is 0 Å². The Morgan fingerprint density at radius 2 is 1.94 bits per heavy atom. The Hall–Kier alpha value is -1.20. The molecule has 1 N–H and O–H groups in total. The van der Waals surface area contributed by atoms with Crippen LogP contribution in [0, 0.1) is 6.92 Å². The second-order valence-corrected chi connectivity index (χ2v) is 4.79. The Bertz CT molecular complexity index is 364. The number of rotatable bonds is 7. The van der Waals surface area contributed by atoms with Gasteiger partial charge in [0.1, 0.15) is 0 Å². The van der Waals surface area contributed by atoms with E-state index in [9.17, 15) is 0 Å². The van der Waals surface area contributed by atoms with Gasteiger partial charge in [0.25, 0.3) is 0 Å². The molecule has 1 heterocycles. The molecule has 1 rings (SSSR count). The van der Waals surface area contributed by atoms with Crippen molar-refractivity contribution >= 4 is 5.95 Å². The molecular weight excluding hydrogens is 226 g/mol. The van der Waals surface area contributed by atoms with Crippen molar-refractivity contribution in [2.24, 2.45) is 0 Å². The molecule has 0 aromatic carbocycles. The van der Waals surface area contributed by atoms with Gasteiger partial charge in [0.05, 0.1) is 0 Å². The highest BCUT2D eigenvalue weighted by molar-refractivity contribution is 5.31. The van der Waals surface area contributed by atoms with Crippen molar-refractivity contribution in [3.8, 4) is 0 Å². The van der Waals surface area contributed by atoms with Gasteiger partial charge in [-0.3, -0.25) is 0 Å². The van der Waals surface area contributed by atoms with Crippen molar-refractivity contribution in [1.29, 1.82) is 0 Å². The van der Waals surface area contributed by atoms with E-state index in [4.69, 9.17) is 0 Å². The summed E-state index contributed by atoms with van der Waals surface area (Å²) in [6, 6.07) is 0. The van der Waals surface area contributed by atoms with E-state index >= 15 is 0 Å². The van der Waals surface area contributed by atoms with Crippen LogP contribution in [-0.4, -0.2) is 55.6 Å². The maximum Gasteiger partial charge on any atom is 0.225 e. The molecule has 0 bridgehead atoms. The minimum Gasteiger partial charge on any atom is -0.343 e. The molecule has 0 atom stereocenters. The van der Waals surface area contributed by atoms with Crippen molar-refractivity contribution in [3.05, 3.63) is 17.5 Å². The molecular formula is C13H25N5. The average Bonchev–Trinajstić information content (AvgIpc) is 2.34. The zero-order chi connectivity index (χ0) is 13.5. The number of anilines is 1. The fourth-order valence-corrected chi connectivity index (χ4v) is 1.55. The zero-order valence-electron chi connectivity index (χ0n) is 12.2. The molecule has 102 valence electrons. The van der Waals surface area contributed by atoms with E-state index in [-0.39, 0.29) is 0 Å². The summed E-state index contributed by atoms with van der Waals surface area (Å²) in [6.07, 6.45) is 1.92. The van der Waals surface area contributed by atoms with Crippen LogP contribution in [0.15, 0.2) is 6.20 Å². The Balaban J connectivity index is 2.65. The van der Waals surface area contributed by atoms with Crippen LogP contribution in [0.25, 0.3) is 0 Å². The third-order valence-corrected chi connectivity index (χ3v) is 2.86. The van der Waals surface area contributed by atoms with Crippen molar-refractivity contribution in [2.75, 3.05) is 45.7 Å². The van der Waals surface area contributed by atoms with E-state index < -0.39 is 0 Å². The Morgan fingerprint density at radius 3 is 2.50 bits per heavy atom. The van der Waals surface area contributed by atoms with Crippen molar-refractivity contribution < 1.29 is 0 Å². The molecule has 5 heteroatoms. The van der Waals surface area contributed by atoms with E-state index in [2.05, 4.69) is 46.1 Å². The molecule has 0 radical (unpaired) electrons. The van der Waals surface area contributed by atoms with Crippen molar-refractivity contribution in [3.63, 3.8) is 0 Å². The number of nitrogens with zero attached hydrogens (tertiary/aromatic N) is 4. The maximum atomic E-state index is 4.56. The van der Waals surface area contributed by atoms with E-state index in [1.807, 2.05) is 20.2 Å². The lowest BCUT2D eigenvalue weighted by Crippen LogP contribution is -2.30. The summed E-state index contributed by atoms with van der Waals surface area (Å²) in [5.74, 6) is 0.801. The van der Waals surface area contributed by atoms with Crippen LogP contribution in [0.1, 0.15) is 18.2 Å². The van der Waals surface area contributed by atoms with Crippen LogP contribution in [0.5, 0.6) is 0 Å². The van der Waals surface area contributed by atoms with E-state index in [0.717, 1.165) is 37.8 Å². The largest absolute Gasteiger partial charge is 0.343 e. The molecule has 0 saturated heterocycles. The summed E-state index contributed by atoms with van der Waals surface area (Å²) in [7, 11) is 6.17. The van der Waals surface area contributed by atoms with Crippen LogP contribution in [-0.2, 0) is 6.54 Å². The van der Waals surface area contributed by atoms with Gasteiger partial charge >= 0.3 is 0 Å². The molecule has 0 aliphatic heterocycles. The highest BCUT2D eigenvalue weighted by Crippen LogP contribution is 2.09. The zero-order valence-corrected chi connectivity index (χ0v) is 12.2. The number of likely N-dealkylation sites (N-methyl/N-ethyl adjacent to an activating group) is 2. The lowest BCUT2D eigenvalue weighted by atomic mass is 10.2. The summed E-state index contributed by atoms with van der Waals surface area (Å²) < 4.78 is 0. The smallest absolute Gasteiger partial charge is 0.225 e. The third kappa shape index (κ3) is 4.58. The fraction of sp³-hybridized carbons (Fsp3) is 0.692. The first-order chi connectivity index (χ1) is 8.54. The van der Waals surface area contributed by atoms with E-state index in [1.165, 1.54) is 5.56 Å². The van der Waals surface area contributed by atoms with Gasteiger partial charge < -0.3 is 15.1 Å². The lowest BCUT2D eigenvalue weighted by molar-refractivity contribution is 0.415. The minimum atomic E-state index is 0.801. The molecule has 0 fully saturated rings. The Morgan fingerprint density at radius 1 is 1.22 bits per heavy atom. The van der Waals surface area contributed by atoms with Gasteiger partial charge in [0.15, 0.2) is 0 Å². The molecule has 0 aliphatic rings. The van der Waals surface area contributed by atoms with Gasteiger partial charge in [0.2, 0.25) is 5.95 Å². The fourth-order valence-electron chi connectivity index (χ4n) is 1.55. The lowest BCUT2D eigenvalue weighted by Gasteiger charge is -2.20. The Kier molecular flexibility index (Phi) is 6.01. The molecule has 0 unspecified atom stereocenters. The third-order valence-electron chi connectivity index (χ3n) is 2.86. The van der Waals surface area contributed by atoms with Gasteiger partial charge in [0, 0.05) is 44.1 Å². The number of aromatic nitrogens is 2. The number of hydrogen-bond donors (Lipinski definition) is 1. The molecule has 0 aliphatic carbocycles. The highest BCUT2D eigenvalue weighted by atomic mass is 15.2. The number of hydrogen-bond acceptors (Lipinski definition) is 5. The molecule has 1 aromatic rings. The normalized spacial score (nSPS) is 11.0. The quantitative estimate of drug-likeness (QED) is 0.780. The topological polar surface area (TPSA) is 44.3 Å². The van der Waals surface area contributed by atoms with Crippen LogP contribution in [0.4, 0.5) is 5.95 Å². The van der Waals surface area contributed by atoms with E-state index in [1.54, 1.807) is 0 Å². The molecule has 5 nitrogen and oxygen atoms in total. The number of nitrogens with one attached hydrogen (secondary N) is 1. The summed E-state index contributed by atoms with van der Waals surface area (Å²) in [6.45, 7) is 7.86. The predicted molar refractivity (Wildman–Crippen MR) is 76.0 cm³/mol. The maximum absolute atomic E-state index is 4.56. The highest BCUT2D eigenvalue weighted by Gasteiger charge is 2.07. The van der Waals surface area contributed by atoms with Gasteiger partial charge in [-0.05, 0) is 27.6 Å². The first-order valence-electron chi connectivity index (χ1n) is 6.43. The monoisotopic (exact) mass is 251 g/mol. The van der Waals surface area contributed by atoms with Crippen LogP contribution in [0.2, 0.25) is 0 Å². The Labute approximate surface area is 110 Å². The molecule has 0 spiro atoms.